The third-order valence-corrected chi connectivity index (χ3v) is 4.07. The molecule has 0 fully saturated rings. The van der Waals surface area contributed by atoms with Crippen molar-refractivity contribution in [3.8, 4) is 5.75 Å². The molecule has 0 spiro atoms. The van der Waals surface area contributed by atoms with Crippen LogP contribution in [0.25, 0.3) is 16.3 Å². The number of carbonyl (C=O) groups excluding carboxylic acids is 1. The minimum absolute atomic E-state index is 0.0216. The predicted octanol–water partition coefficient (Wildman–Crippen LogP) is 6.03. The van der Waals surface area contributed by atoms with Crippen LogP contribution in [0.5, 0.6) is 5.75 Å². The standard InChI is InChI=1S/C20H22F3NO2/c1-3-5-8-13(7-4-2)14-11-12-16(24-19(26)20(21,22)23)15-9-6-10-17(25)18(14)15/h6,8-12,25H,3-5,7H2,1-2H3,(H,24,26)/b13-8+. The van der Waals surface area contributed by atoms with Gasteiger partial charge in [-0.15, -0.1) is 0 Å². The molecule has 2 rings (SSSR count). The van der Waals surface area contributed by atoms with Crippen LogP contribution in [0.3, 0.4) is 0 Å². The smallest absolute Gasteiger partial charge is 0.471 e. The number of aromatic hydroxyl groups is 1. The Balaban J connectivity index is 2.62. The number of halogens is 3. The maximum Gasteiger partial charge on any atom is 0.471 e. The molecule has 0 radical (unpaired) electrons. The van der Waals surface area contributed by atoms with Gasteiger partial charge in [-0.2, -0.15) is 13.2 Å². The number of amides is 1. The Morgan fingerprint density at radius 1 is 1.15 bits per heavy atom. The van der Waals surface area contributed by atoms with Gasteiger partial charge in [-0.25, -0.2) is 0 Å². The van der Waals surface area contributed by atoms with Gasteiger partial charge in [0.2, 0.25) is 0 Å². The van der Waals surface area contributed by atoms with Crippen molar-refractivity contribution in [1.29, 1.82) is 0 Å². The molecule has 2 N–H and O–H groups in total. The Morgan fingerprint density at radius 2 is 1.88 bits per heavy atom. The number of allylic oxidation sites excluding steroid dienone is 2. The average Bonchev–Trinajstić information content (AvgIpc) is 2.58. The predicted molar refractivity (Wildman–Crippen MR) is 98.1 cm³/mol. The fraction of sp³-hybridized carbons (Fsp3) is 0.350. The number of fused-ring (bicyclic) bond motifs is 1. The molecule has 1 amide bonds. The van der Waals surface area contributed by atoms with Crippen LogP contribution >= 0.6 is 0 Å². The van der Waals surface area contributed by atoms with Gasteiger partial charge in [0.15, 0.2) is 0 Å². The lowest BCUT2D eigenvalue weighted by Crippen LogP contribution is -2.30. The molecular weight excluding hydrogens is 343 g/mol. The van der Waals surface area contributed by atoms with Crippen molar-refractivity contribution < 1.29 is 23.1 Å². The van der Waals surface area contributed by atoms with E-state index >= 15 is 0 Å². The van der Waals surface area contributed by atoms with Crippen LogP contribution in [0.4, 0.5) is 18.9 Å². The molecule has 0 aliphatic rings. The number of phenolic OH excluding ortho intramolecular Hbond substituents is 1. The maximum atomic E-state index is 12.6. The molecule has 26 heavy (non-hydrogen) atoms. The minimum Gasteiger partial charge on any atom is -0.507 e. The quantitative estimate of drug-likeness (QED) is 0.657. The van der Waals surface area contributed by atoms with Gasteiger partial charge in [0.25, 0.3) is 0 Å². The van der Waals surface area contributed by atoms with Crippen molar-refractivity contribution in [1.82, 2.24) is 0 Å². The number of phenols is 1. The van der Waals surface area contributed by atoms with E-state index in [-0.39, 0.29) is 11.4 Å². The van der Waals surface area contributed by atoms with Crippen molar-refractivity contribution >= 4 is 27.9 Å². The number of anilines is 1. The molecule has 0 bridgehead atoms. The molecule has 0 saturated heterocycles. The van der Waals surface area contributed by atoms with Crippen molar-refractivity contribution in [2.75, 3.05) is 5.32 Å². The maximum absolute atomic E-state index is 12.6. The fourth-order valence-electron chi connectivity index (χ4n) is 2.89. The summed E-state index contributed by atoms with van der Waals surface area (Å²) >= 11 is 0. The van der Waals surface area contributed by atoms with Crippen molar-refractivity contribution in [2.45, 2.75) is 45.7 Å². The van der Waals surface area contributed by atoms with E-state index in [1.165, 1.54) is 12.1 Å². The molecule has 0 atom stereocenters. The Bertz CT molecular complexity index is 826. The van der Waals surface area contributed by atoms with Crippen LogP contribution in [0, 0.1) is 0 Å². The van der Waals surface area contributed by atoms with E-state index in [9.17, 15) is 23.1 Å². The van der Waals surface area contributed by atoms with E-state index in [0.29, 0.717) is 10.8 Å². The number of hydrogen-bond donors (Lipinski definition) is 2. The van der Waals surface area contributed by atoms with E-state index in [0.717, 1.165) is 36.8 Å². The lowest BCUT2D eigenvalue weighted by Gasteiger charge is -2.16. The van der Waals surface area contributed by atoms with E-state index < -0.39 is 12.1 Å². The average molecular weight is 365 g/mol. The summed E-state index contributed by atoms with van der Waals surface area (Å²) in [5.74, 6) is -2.07. The minimum atomic E-state index is -4.98. The molecular formula is C20H22F3NO2. The molecule has 3 nitrogen and oxygen atoms in total. The number of carbonyl (C=O) groups is 1. The molecule has 0 aromatic heterocycles. The number of benzene rings is 2. The molecule has 6 heteroatoms. The Kier molecular flexibility index (Phi) is 6.29. The number of unbranched alkanes of at least 4 members (excludes halogenated alkanes) is 1. The molecule has 2 aromatic carbocycles. The van der Waals surface area contributed by atoms with E-state index in [1.807, 2.05) is 12.2 Å². The van der Waals surface area contributed by atoms with Crippen LogP contribution in [-0.4, -0.2) is 17.2 Å². The van der Waals surface area contributed by atoms with Crippen LogP contribution < -0.4 is 5.32 Å². The summed E-state index contributed by atoms with van der Waals surface area (Å²) in [4.78, 5) is 11.3. The summed E-state index contributed by atoms with van der Waals surface area (Å²) in [6.45, 7) is 4.10. The Labute approximate surface area is 150 Å². The topological polar surface area (TPSA) is 49.3 Å². The van der Waals surface area contributed by atoms with Gasteiger partial charge in [-0.3, -0.25) is 4.79 Å². The molecule has 0 aliphatic carbocycles. The number of hydrogen-bond acceptors (Lipinski definition) is 2. The number of alkyl halides is 3. The second kappa shape index (κ2) is 8.25. The first kappa shape index (κ1) is 19.8. The summed E-state index contributed by atoms with van der Waals surface area (Å²) in [6.07, 6.45) is 0.650. The summed E-state index contributed by atoms with van der Waals surface area (Å²) < 4.78 is 37.8. The lowest BCUT2D eigenvalue weighted by atomic mass is 9.93. The highest BCUT2D eigenvalue weighted by molar-refractivity contribution is 6.09. The Hall–Kier alpha value is -2.50. The van der Waals surface area contributed by atoms with Gasteiger partial charge in [0.1, 0.15) is 5.75 Å². The molecule has 0 aliphatic heterocycles. The van der Waals surface area contributed by atoms with Crippen molar-refractivity contribution in [3.63, 3.8) is 0 Å². The van der Waals surface area contributed by atoms with E-state index in [4.69, 9.17) is 0 Å². The number of nitrogens with one attached hydrogen (secondary N) is 1. The first-order valence-electron chi connectivity index (χ1n) is 8.61. The van der Waals surface area contributed by atoms with Crippen LogP contribution in [0.1, 0.15) is 45.1 Å². The zero-order valence-electron chi connectivity index (χ0n) is 14.8. The van der Waals surface area contributed by atoms with Gasteiger partial charge >= 0.3 is 12.1 Å². The highest BCUT2D eigenvalue weighted by Gasteiger charge is 2.39. The largest absolute Gasteiger partial charge is 0.507 e. The molecule has 2 aromatic rings. The van der Waals surface area contributed by atoms with Gasteiger partial charge in [-0.05, 0) is 36.1 Å². The second-order valence-corrected chi connectivity index (χ2v) is 6.08. The van der Waals surface area contributed by atoms with Crippen LogP contribution in [0.2, 0.25) is 0 Å². The molecule has 140 valence electrons. The highest BCUT2D eigenvalue weighted by Crippen LogP contribution is 2.38. The zero-order chi connectivity index (χ0) is 19.3. The van der Waals surface area contributed by atoms with Gasteiger partial charge in [0.05, 0.1) is 0 Å². The second-order valence-electron chi connectivity index (χ2n) is 6.08. The van der Waals surface area contributed by atoms with Crippen LogP contribution in [0.15, 0.2) is 36.4 Å². The van der Waals surface area contributed by atoms with Crippen molar-refractivity contribution in [3.05, 3.63) is 42.0 Å². The summed E-state index contributed by atoms with van der Waals surface area (Å²) in [5.41, 5.74) is 1.83. The lowest BCUT2D eigenvalue weighted by molar-refractivity contribution is -0.167. The highest BCUT2D eigenvalue weighted by atomic mass is 19.4. The van der Waals surface area contributed by atoms with Gasteiger partial charge < -0.3 is 10.4 Å². The molecule has 0 heterocycles. The first-order chi connectivity index (χ1) is 12.3. The van der Waals surface area contributed by atoms with Crippen molar-refractivity contribution in [2.24, 2.45) is 0 Å². The van der Waals surface area contributed by atoms with Crippen LogP contribution in [-0.2, 0) is 4.79 Å². The SMILES string of the molecule is CCC/C=C(\CCC)c1ccc(NC(=O)C(F)(F)F)c2cccc(O)c12. The molecule has 0 saturated carbocycles. The monoisotopic (exact) mass is 365 g/mol. The summed E-state index contributed by atoms with van der Waals surface area (Å²) in [5, 5.41) is 13.1. The first-order valence-corrected chi connectivity index (χ1v) is 8.61. The fourth-order valence-corrected chi connectivity index (χ4v) is 2.89. The zero-order valence-corrected chi connectivity index (χ0v) is 14.8. The molecule has 0 unspecified atom stereocenters. The number of rotatable bonds is 6. The van der Waals surface area contributed by atoms with E-state index in [1.54, 1.807) is 18.2 Å². The summed E-state index contributed by atoms with van der Waals surface area (Å²) in [6, 6.07) is 7.74. The third-order valence-electron chi connectivity index (χ3n) is 4.07. The third kappa shape index (κ3) is 4.36. The normalized spacial score (nSPS) is 12.4. The Morgan fingerprint density at radius 3 is 2.50 bits per heavy atom. The summed E-state index contributed by atoms with van der Waals surface area (Å²) in [7, 11) is 0. The van der Waals surface area contributed by atoms with Gasteiger partial charge in [0, 0.05) is 16.5 Å². The van der Waals surface area contributed by atoms with E-state index in [2.05, 4.69) is 13.0 Å². The van der Waals surface area contributed by atoms with Gasteiger partial charge in [-0.1, -0.05) is 51.0 Å².